The van der Waals surface area contributed by atoms with E-state index in [0.29, 0.717) is 18.4 Å². The Bertz CT molecular complexity index is 1850. The Morgan fingerprint density at radius 3 is 1.99 bits per heavy atom. The van der Waals surface area contributed by atoms with Crippen LogP contribution in [-0.4, -0.2) is 157 Å². The quantitative estimate of drug-likeness (QED) is 0.0255. The van der Waals surface area contributed by atoms with Crippen molar-refractivity contribution in [3.05, 3.63) is 71.9 Å². The number of nitrogens with zero attached hydrogens (tertiary/aromatic N) is 4. The largest absolute Gasteiger partial charge is 0.444 e. The fourth-order valence-corrected chi connectivity index (χ4v) is 7.88. The lowest BCUT2D eigenvalue weighted by Crippen LogP contribution is -2.47. The molecule has 18 nitrogen and oxygen atoms in total. The molecule has 414 valence electrons. The van der Waals surface area contributed by atoms with Crippen molar-refractivity contribution < 1.29 is 67.0 Å². The van der Waals surface area contributed by atoms with E-state index in [9.17, 15) is 23.9 Å². The zero-order valence-corrected chi connectivity index (χ0v) is 46.6. The molecule has 4 amide bonds. The van der Waals surface area contributed by atoms with Gasteiger partial charge in [-0.2, -0.15) is 10.1 Å². The number of hydrogen-bond donors (Lipinski definition) is 5. The number of allylic oxidation sites excluding steroid dienone is 4. The number of alkyl carbamates (subject to hydrolysis) is 1. The second kappa shape index (κ2) is 33.7. The molecule has 21 heteroatoms. The molecule has 1 aliphatic heterocycles. The first-order chi connectivity index (χ1) is 33.6. The number of likely N-dealkylation sites (N-methyl/N-ethyl adjacent to an activating group) is 1. The molecule has 0 spiro atoms. The van der Waals surface area contributed by atoms with E-state index in [4.69, 9.17) is 38.7 Å². The van der Waals surface area contributed by atoms with Crippen LogP contribution in [0.25, 0.3) is 0 Å². The molecule has 1 aliphatic rings. The maximum atomic E-state index is 15.0. The van der Waals surface area contributed by atoms with Crippen molar-refractivity contribution in [1.29, 1.82) is 0 Å². The summed E-state index contributed by atoms with van der Waals surface area (Å²) in [5, 5.41) is 40.2. The van der Waals surface area contributed by atoms with Crippen molar-refractivity contribution >= 4 is 34.8 Å². The van der Waals surface area contributed by atoms with E-state index in [1.807, 2.05) is 95.0 Å². The molecule has 1 aromatic carbocycles. The van der Waals surface area contributed by atoms with Crippen molar-refractivity contribution in [2.75, 3.05) is 67.3 Å². The third-order valence-electron chi connectivity index (χ3n) is 9.71. The van der Waals surface area contributed by atoms with Gasteiger partial charge in [-0.15, -0.1) is 0 Å². The SMILES string of the molecule is C=C/C(F)=C(\C=C(/C)F)C1=NN(C(=O)N(C)OC)C(CCCNC(=O)CCNC(=O)OCC(OC(CO)CC(C)(C)C)OC(C)(C)C)(c2ccccc2)S1.CC.CCN(C)C(CO)OC(CO)OC(C)(C)C. The number of thioether (sulfide) groups is 1. The predicted molar refractivity (Wildman–Crippen MR) is 279 cm³/mol. The van der Waals surface area contributed by atoms with Gasteiger partial charge >= 0.3 is 12.1 Å². The summed E-state index contributed by atoms with van der Waals surface area (Å²) in [6.45, 7) is 27.9. The van der Waals surface area contributed by atoms with Gasteiger partial charge in [0.05, 0.1) is 50.1 Å². The van der Waals surface area contributed by atoms with E-state index in [2.05, 4.69) is 22.3 Å². The highest BCUT2D eigenvalue weighted by molar-refractivity contribution is 8.15. The molecule has 0 aromatic heterocycles. The van der Waals surface area contributed by atoms with E-state index in [0.717, 1.165) is 35.5 Å². The molecule has 0 bridgehead atoms. The number of urea groups is 1. The minimum atomic E-state index is -1.23. The third-order valence-corrected chi connectivity index (χ3v) is 11.2. The van der Waals surface area contributed by atoms with Crippen LogP contribution in [0.4, 0.5) is 18.4 Å². The normalized spacial score (nSPS) is 17.2. The highest BCUT2D eigenvalue weighted by Crippen LogP contribution is 2.51. The number of benzene rings is 1. The predicted octanol–water partition coefficient (Wildman–Crippen LogP) is 8.50. The number of carbonyl (C=O) groups is 3. The molecule has 2 rings (SSSR count). The first-order valence-corrected chi connectivity index (χ1v) is 25.1. The molecule has 0 aliphatic carbocycles. The van der Waals surface area contributed by atoms with Crippen LogP contribution in [0.5, 0.6) is 0 Å². The van der Waals surface area contributed by atoms with Gasteiger partial charge in [0.25, 0.3) is 0 Å². The monoisotopic (exact) mass is 1050 g/mol. The van der Waals surface area contributed by atoms with Crippen molar-refractivity contribution in [3.63, 3.8) is 0 Å². The molecule has 0 saturated heterocycles. The average Bonchev–Trinajstić information content (AvgIpc) is 3.71. The fraction of sp³-hybridized carbons (Fsp3) is 0.686. The molecular formula is C51H88F2N6O12S. The second-order valence-corrected chi connectivity index (χ2v) is 20.7. The number of halogens is 2. The molecule has 1 heterocycles. The van der Waals surface area contributed by atoms with Crippen molar-refractivity contribution in [2.24, 2.45) is 10.5 Å². The third kappa shape index (κ3) is 26.3. The number of aliphatic hydroxyl groups is 3. The molecule has 5 N–H and O–H groups in total. The standard InChI is InChI=1S/C38H57F2N5O8S.C11H25NO4.C2H6/c1-11-30(40)29(22-26(2)39)33-43-45(35(49)44(9)50-10)38(54-33,27-16-13-12-14-17-27)19-15-20-41-31(47)18-21-42-34(48)51-25-32(53-37(6,7)8)52-28(24-46)23-36(3,4)5;1-6-12(5)9(7-13)15-10(8-14)16-11(2,3)4;1-2/h11-14,16-17,22,28,32,46H,1,15,18-21,23-25H2,2-10H3,(H,41,47)(H,42,48);9-10,13-14H,6-8H2,1-5H3;1-2H3/b26-22+,30-29-;;. The molecular weight excluding hydrogens is 959 g/mol. The van der Waals surface area contributed by atoms with E-state index in [1.54, 1.807) is 30.3 Å². The van der Waals surface area contributed by atoms with Gasteiger partial charge in [-0.1, -0.05) is 90.2 Å². The van der Waals surface area contributed by atoms with Crippen LogP contribution in [0.3, 0.4) is 0 Å². The minimum Gasteiger partial charge on any atom is -0.444 e. The number of hydroxylamine groups is 2. The van der Waals surface area contributed by atoms with Gasteiger partial charge in [-0.3, -0.25) is 14.5 Å². The summed E-state index contributed by atoms with van der Waals surface area (Å²) >= 11 is 1.07. The molecule has 1 aromatic rings. The summed E-state index contributed by atoms with van der Waals surface area (Å²) in [4.78, 5) is 44.6. The number of hydrogen-bond acceptors (Lipinski definition) is 15. The summed E-state index contributed by atoms with van der Waals surface area (Å²) in [5.41, 5.74) is -0.637. The summed E-state index contributed by atoms with van der Waals surface area (Å²) in [6.07, 6.45) is -0.381. The Morgan fingerprint density at radius 1 is 0.903 bits per heavy atom. The van der Waals surface area contributed by atoms with Gasteiger partial charge in [-0.05, 0) is 104 Å². The van der Waals surface area contributed by atoms with E-state index >= 15 is 4.39 Å². The number of carbonyl (C=O) groups excluding carboxylic acids is 3. The number of ether oxygens (including phenoxy) is 5. The van der Waals surface area contributed by atoms with Gasteiger partial charge in [0.2, 0.25) is 5.91 Å². The van der Waals surface area contributed by atoms with Gasteiger partial charge in [0.15, 0.2) is 12.6 Å². The molecule has 0 saturated carbocycles. The minimum absolute atomic E-state index is 0.0161. The number of aliphatic hydroxyl groups excluding tert-OH is 3. The Labute approximate surface area is 432 Å². The van der Waals surface area contributed by atoms with Gasteiger partial charge in [0, 0.05) is 32.1 Å². The van der Waals surface area contributed by atoms with Crippen LogP contribution in [0.1, 0.15) is 121 Å². The number of amides is 4. The summed E-state index contributed by atoms with van der Waals surface area (Å²) in [6, 6.07) is 8.31. The Hall–Kier alpha value is -4.03. The Balaban J connectivity index is 0.00000237. The maximum absolute atomic E-state index is 15.0. The van der Waals surface area contributed by atoms with Crippen LogP contribution in [0, 0.1) is 5.41 Å². The Morgan fingerprint density at radius 2 is 1.50 bits per heavy atom. The summed E-state index contributed by atoms with van der Waals surface area (Å²) in [7, 11) is 4.55. The molecule has 0 radical (unpaired) electrons. The zero-order chi connectivity index (χ0) is 55.5. The molecule has 5 unspecified atom stereocenters. The highest BCUT2D eigenvalue weighted by Gasteiger charge is 2.50. The zero-order valence-electron chi connectivity index (χ0n) is 45.8. The molecule has 5 atom stereocenters. The smallest absolute Gasteiger partial charge is 0.407 e. The number of hydrazone groups is 1. The second-order valence-electron chi connectivity index (χ2n) is 19.4. The van der Waals surface area contributed by atoms with E-state index in [1.165, 1.54) is 26.1 Å². The highest BCUT2D eigenvalue weighted by atomic mass is 32.2. The van der Waals surface area contributed by atoms with Crippen molar-refractivity contribution in [3.8, 4) is 0 Å². The van der Waals surface area contributed by atoms with Crippen LogP contribution < -0.4 is 10.6 Å². The average molecular weight is 1050 g/mol. The first kappa shape index (κ1) is 68.0. The topological polar surface area (TPSA) is 213 Å². The lowest BCUT2D eigenvalue weighted by Gasteiger charge is -2.37. The van der Waals surface area contributed by atoms with Crippen LogP contribution >= 0.6 is 11.8 Å². The van der Waals surface area contributed by atoms with Gasteiger partial charge in [0.1, 0.15) is 28.6 Å². The summed E-state index contributed by atoms with van der Waals surface area (Å²) < 4.78 is 57.3. The van der Waals surface area contributed by atoms with Crippen molar-refractivity contribution in [1.82, 2.24) is 25.6 Å². The molecule has 0 fully saturated rings. The first-order valence-electron chi connectivity index (χ1n) is 24.3. The lowest BCUT2D eigenvalue weighted by molar-refractivity contribution is -0.255. The summed E-state index contributed by atoms with van der Waals surface area (Å²) in [5.74, 6) is -1.84. The van der Waals surface area contributed by atoms with Crippen LogP contribution in [0.15, 0.2) is 71.4 Å². The van der Waals surface area contributed by atoms with Crippen LogP contribution in [0.2, 0.25) is 0 Å². The number of nitrogens with one attached hydrogen (secondary N) is 2. The van der Waals surface area contributed by atoms with Crippen LogP contribution in [-0.2, 0) is 38.2 Å². The molecule has 72 heavy (non-hydrogen) atoms. The maximum Gasteiger partial charge on any atom is 0.407 e. The van der Waals surface area contributed by atoms with Gasteiger partial charge < -0.3 is 49.6 Å². The van der Waals surface area contributed by atoms with E-state index in [-0.39, 0.29) is 74.3 Å². The van der Waals surface area contributed by atoms with E-state index < -0.39 is 64.8 Å². The fourth-order valence-electron chi connectivity index (χ4n) is 6.47. The van der Waals surface area contributed by atoms with Gasteiger partial charge in [-0.25, -0.2) is 23.4 Å². The Kier molecular flexibility index (Phi) is 31.8. The van der Waals surface area contributed by atoms with Crippen molar-refractivity contribution in [2.45, 2.75) is 157 Å². The lowest BCUT2D eigenvalue weighted by atomic mass is 9.89. The number of rotatable bonds is 26.